The molecular weight excluding hydrogens is 274 g/mol. The quantitative estimate of drug-likeness (QED) is 0.751. The van der Waals surface area contributed by atoms with E-state index in [1.165, 1.54) is 22.3 Å². The summed E-state index contributed by atoms with van der Waals surface area (Å²) in [5, 5.41) is 0. The Kier molecular flexibility index (Phi) is 4.84. The average molecular weight is 303 g/mol. The zero-order valence-electron chi connectivity index (χ0n) is 14.8. The van der Waals surface area contributed by atoms with Crippen LogP contribution < -0.4 is 0 Å². The van der Waals surface area contributed by atoms with Crippen LogP contribution in [0.4, 0.5) is 4.79 Å². The topological polar surface area (TPSA) is 29.5 Å². The van der Waals surface area contributed by atoms with E-state index in [0.717, 1.165) is 25.9 Å². The van der Waals surface area contributed by atoms with Crippen LogP contribution >= 0.6 is 0 Å². The maximum atomic E-state index is 12.1. The van der Waals surface area contributed by atoms with Crippen LogP contribution in [0.5, 0.6) is 0 Å². The van der Waals surface area contributed by atoms with E-state index < -0.39 is 5.60 Å². The molecular formula is C19H29NO2. The molecule has 1 aliphatic rings. The number of hydrogen-bond donors (Lipinski definition) is 0. The highest BCUT2D eigenvalue weighted by molar-refractivity contribution is 5.68. The van der Waals surface area contributed by atoms with Crippen LogP contribution in [0, 0.1) is 20.8 Å². The molecule has 0 N–H and O–H groups in total. The maximum absolute atomic E-state index is 12.1. The summed E-state index contributed by atoms with van der Waals surface area (Å²) in [7, 11) is 0. The molecule has 1 aromatic rings. The van der Waals surface area contributed by atoms with E-state index in [-0.39, 0.29) is 6.09 Å². The maximum Gasteiger partial charge on any atom is 0.410 e. The molecule has 1 saturated heterocycles. The Morgan fingerprint density at radius 3 is 2.23 bits per heavy atom. The third-order valence-corrected chi connectivity index (χ3v) is 4.69. The summed E-state index contributed by atoms with van der Waals surface area (Å²) >= 11 is 0. The van der Waals surface area contributed by atoms with Gasteiger partial charge >= 0.3 is 6.09 Å². The number of hydrogen-bond acceptors (Lipinski definition) is 2. The van der Waals surface area contributed by atoms with Crippen LogP contribution in [0.25, 0.3) is 0 Å². The van der Waals surface area contributed by atoms with Gasteiger partial charge in [0, 0.05) is 13.1 Å². The zero-order valence-corrected chi connectivity index (χ0v) is 14.8. The predicted molar refractivity (Wildman–Crippen MR) is 90.4 cm³/mol. The second-order valence-electron chi connectivity index (χ2n) is 7.46. The van der Waals surface area contributed by atoms with Crippen molar-refractivity contribution in [2.75, 3.05) is 13.1 Å². The summed E-state index contributed by atoms with van der Waals surface area (Å²) in [5.74, 6) is 0.554. The number of piperidine rings is 1. The van der Waals surface area contributed by atoms with Crippen LogP contribution in [0.1, 0.15) is 61.8 Å². The zero-order chi connectivity index (χ0) is 16.5. The lowest BCUT2D eigenvalue weighted by molar-refractivity contribution is 0.0205. The number of carbonyl (C=O) groups is 1. The van der Waals surface area contributed by atoms with Gasteiger partial charge in [0.1, 0.15) is 5.60 Å². The molecule has 1 fully saturated rings. The molecule has 2 rings (SSSR count). The fourth-order valence-electron chi connectivity index (χ4n) is 3.12. The van der Waals surface area contributed by atoms with Gasteiger partial charge < -0.3 is 9.64 Å². The Balaban J connectivity index is 2.01. The SMILES string of the molecule is Cc1ccc(C2CCN(C(=O)OC(C)(C)C)CC2)c(C)c1C. The largest absolute Gasteiger partial charge is 0.444 e. The predicted octanol–water partition coefficient (Wildman–Crippen LogP) is 4.73. The molecule has 0 aromatic heterocycles. The van der Waals surface area contributed by atoms with Gasteiger partial charge in [-0.1, -0.05) is 12.1 Å². The van der Waals surface area contributed by atoms with Crippen molar-refractivity contribution in [3.05, 3.63) is 34.4 Å². The van der Waals surface area contributed by atoms with Crippen molar-refractivity contribution in [3.63, 3.8) is 0 Å². The average Bonchev–Trinajstić information content (AvgIpc) is 2.43. The van der Waals surface area contributed by atoms with Gasteiger partial charge in [0.25, 0.3) is 0 Å². The van der Waals surface area contributed by atoms with Crippen LogP contribution in [0.15, 0.2) is 12.1 Å². The first-order chi connectivity index (χ1) is 10.2. The lowest BCUT2D eigenvalue weighted by atomic mass is 9.84. The summed E-state index contributed by atoms with van der Waals surface area (Å²) in [6.45, 7) is 13.9. The fraction of sp³-hybridized carbons (Fsp3) is 0.632. The van der Waals surface area contributed by atoms with Crippen LogP contribution in [0.2, 0.25) is 0 Å². The van der Waals surface area contributed by atoms with E-state index >= 15 is 0 Å². The molecule has 0 unspecified atom stereocenters. The Bertz CT molecular complexity index is 549. The van der Waals surface area contributed by atoms with Crippen molar-refractivity contribution in [3.8, 4) is 0 Å². The normalized spacial score (nSPS) is 16.7. The number of benzene rings is 1. The van der Waals surface area contributed by atoms with Crippen molar-refractivity contribution in [2.24, 2.45) is 0 Å². The summed E-state index contributed by atoms with van der Waals surface area (Å²) in [4.78, 5) is 14.0. The summed E-state index contributed by atoms with van der Waals surface area (Å²) in [6.07, 6.45) is 1.85. The molecule has 0 radical (unpaired) electrons. The molecule has 1 heterocycles. The van der Waals surface area contributed by atoms with Gasteiger partial charge in [-0.25, -0.2) is 4.79 Å². The highest BCUT2D eigenvalue weighted by Crippen LogP contribution is 2.32. The molecule has 1 aromatic carbocycles. The van der Waals surface area contributed by atoms with Gasteiger partial charge in [-0.3, -0.25) is 0 Å². The van der Waals surface area contributed by atoms with Crippen molar-refractivity contribution in [2.45, 2.75) is 65.9 Å². The molecule has 1 amide bonds. The van der Waals surface area contributed by atoms with Crippen molar-refractivity contribution in [1.29, 1.82) is 0 Å². The molecule has 22 heavy (non-hydrogen) atoms. The van der Waals surface area contributed by atoms with Crippen molar-refractivity contribution in [1.82, 2.24) is 4.90 Å². The first kappa shape index (κ1) is 16.9. The highest BCUT2D eigenvalue weighted by atomic mass is 16.6. The van der Waals surface area contributed by atoms with E-state index in [1.807, 2.05) is 25.7 Å². The van der Waals surface area contributed by atoms with E-state index in [9.17, 15) is 4.79 Å². The number of nitrogens with zero attached hydrogens (tertiary/aromatic N) is 1. The van der Waals surface area contributed by atoms with E-state index in [2.05, 4.69) is 32.9 Å². The Morgan fingerprint density at radius 1 is 1.09 bits per heavy atom. The third kappa shape index (κ3) is 3.82. The van der Waals surface area contributed by atoms with Gasteiger partial charge in [0.05, 0.1) is 0 Å². The number of likely N-dealkylation sites (tertiary alicyclic amines) is 1. The third-order valence-electron chi connectivity index (χ3n) is 4.69. The summed E-state index contributed by atoms with van der Waals surface area (Å²) in [6, 6.07) is 4.49. The monoisotopic (exact) mass is 303 g/mol. The minimum atomic E-state index is -0.418. The van der Waals surface area contributed by atoms with E-state index in [0.29, 0.717) is 5.92 Å². The Morgan fingerprint density at radius 2 is 1.68 bits per heavy atom. The lowest BCUT2D eigenvalue weighted by Crippen LogP contribution is -2.41. The molecule has 0 aliphatic carbocycles. The molecule has 0 saturated carbocycles. The van der Waals surface area contributed by atoms with Crippen molar-refractivity contribution >= 4 is 6.09 Å². The van der Waals surface area contributed by atoms with E-state index in [1.54, 1.807) is 0 Å². The van der Waals surface area contributed by atoms with Gasteiger partial charge in [0.2, 0.25) is 0 Å². The first-order valence-electron chi connectivity index (χ1n) is 8.23. The van der Waals surface area contributed by atoms with Crippen LogP contribution in [-0.2, 0) is 4.74 Å². The minimum Gasteiger partial charge on any atom is -0.444 e. The highest BCUT2D eigenvalue weighted by Gasteiger charge is 2.28. The smallest absolute Gasteiger partial charge is 0.410 e. The molecule has 3 nitrogen and oxygen atoms in total. The molecule has 122 valence electrons. The number of carbonyl (C=O) groups excluding carboxylic acids is 1. The van der Waals surface area contributed by atoms with Crippen LogP contribution in [-0.4, -0.2) is 29.7 Å². The second-order valence-corrected chi connectivity index (χ2v) is 7.46. The van der Waals surface area contributed by atoms with Crippen molar-refractivity contribution < 1.29 is 9.53 Å². The standard InChI is InChI=1S/C19H29NO2/c1-13-7-8-17(15(3)14(13)2)16-9-11-20(12-10-16)18(21)22-19(4,5)6/h7-8,16H,9-12H2,1-6H3. The summed E-state index contributed by atoms with van der Waals surface area (Å²) < 4.78 is 5.46. The van der Waals surface area contributed by atoms with Gasteiger partial charge in [-0.2, -0.15) is 0 Å². The Hall–Kier alpha value is -1.51. The number of ether oxygens (including phenoxy) is 1. The summed E-state index contributed by atoms with van der Waals surface area (Å²) in [5.41, 5.74) is 5.20. The fourth-order valence-corrected chi connectivity index (χ4v) is 3.12. The second kappa shape index (κ2) is 6.31. The first-order valence-corrected chi connectivity index (χ1v) is 8.23. The van der Waals surface area contributed by atoms with E-state index in [4.69, 9.17) is 4.74 Å². The molecule has 0 spiro atoms. The molecule has 0 atom stereocenters. The number of rotatable bonds is 1. The number of amides is 1. The van der Waals surface area contributed by atoms with Gasteiger partial charge in [-0.05, 0) is 82.6 Å². The van der Waals surface area contributed by atoms with Gasteiger partial charge in [-0.15, -0.1) is 0 Å². The van der Waals surface area contributed by atoms with Crippen LogP contribution in [0.3, 0.4) is 0 Å². The molecule has 1 aliphatic heterocycles. The minimum absolute atomic E-state index is 0.178. The van der Waals surface area contributed by atoms with Gasteiger partial charge in [0.15, 0.2) is 0 Å². The number of aryl methyl sites for hydroxylation is 1. The molecule has 0 bridgehead atoms. The lowest BCUT2D eigenvalue weighted by Gasteiger charge is -2.34. The molecule has 3 heteroatoms. The Labute approximate surface area is 134 Å².